The van der Waals surface area contributed by atoms with Gasteiger partial charge in [0.25, 0.3) is 0 Å². The van der Waals surface area contributed by atoms with Crippen LogP contribution in [0.3, 0.4) is 0 Å². The van der Waals surface area contributed by atoms with Crippen LogP contribution >= 0.6 is 7.82 Å². The van der Waals surface area contributed by atoms with E-state index in [1.54, 1.807) is 0 Å². The molecule has 0 saturated heterocycles. The van der Waals surface area contributed by atoms with E-state index in [1.165, 1.54) is 161 Å². The minimum atomic E-state index is -4.27. The minimum Gasteiger partial charge on any atom is -0.457 e. The zero-order valence-electron chi connectivity index (χ0n) is 37.2. The maximum atomic E-state index is 12.7. The SMILES string of the molecule is CCCCCCCC/C=C\CCCCCCCC(=O)O[C@H](COCCCCCCCCCCCCCCCCCCCC)COP(=O)(O)OCC[N+](C)(C)C. The number of phosphoric ester groups is 1. The number of hydrogen-bond acceptors (Lipinski definition) is 6. The summed E-state index contributed by atoms with van der Waals surface area (Å²) in [5.41, 5.74) is 0. The molecule has 0 spiro atoms. The molecule has 9 heteroatoms. The topological polar surface area (TPSA) is 91.3 Å². The Morgan fingerprint density at radius 2 is 0.945 bits per heavy atom. The number of quaternary nitrogens is 1. The molecule has 328 valence electrons. The Balaban J connectivity index is 4.17. The molecule has 0 fully saturated rings. The summed E-state index contributed by atoms with van der Waals surface area (Å²) in [6.07, 6.45) is 43.8. The maximum absolute atomic E-state index is 12.7. The van der Waals surface area contributed by atoms with Crippen LogP contribution in [0.15, 0.2) is 12.2 Å². The lowest BCUT2D eigenvalue weighted by molar-refractivity contribution is -0.870. The average Bonchev–Trinajstić information content (AvgIpc) is 3.13. The normalized spacial score (nSPS) is 13.8. The van der Waals surface area contributed by atoms with E-state index in [0.29, 0.717) is 24.1 Å². The molecular weight excluding hydrogens is 709 g/mol. The molecule has 2 atom stereocenters. The van der Waals surface area contributed by atoms with Gasteiger partial charge in [-0.2, -0.15) is 0 Å². The summed E-state index contributed by atoms with van der Waals surface area (Å²) in [4.78, 5) is 22.9. The van der Waals surface area contributed by atoms with E-state index in [4.69, 9.17) is 18.5 Å². The fraction of sp³-hybridized carbons (Fsp3) is 0.935. The monoisotopic (exact) mass is 803 g/mol. The number of phosphoric acid groups is 1. The van der Waals surface area contributed by atoms with E-state index >= 15 is 0 Å². The molecule has 0 aromatic carbocycles. The highest BCUT2D eigenvalue weighted by molar-refractivity contribution is 7.47. The van der Waals surface area contributed by atoms with Crippen LogP contribution in [0, 0.1) is 0 Å². The highest BCUT2D eigenvalue weighted by atomic mass is 31.2. The summed E-state index contributed by atoms with van der Waals surface area (Å²) in [6, 6.07) is 0. The van der Waals surface area contributed by atoms with Crippen LogP contribution in [-0.4, -0.2) is 75.6 Å². The van der Waals surface area contributed by atoms with Crippen molar-refractivity contribution in [1.29, 1.82) is 0 Å². The van der Waals surface area contributed by atoms with Crippen molar-refractivity contribution < 1.29 is 37.3 Å². The molecule has 0 bridgehead atoms. The smallest absolute Gasteiger partial charge is 0.457 e. The van der Waals surface area contributed by atoms with Gasteiger partial charge in [-0.15, -0.1) is 0 Å². The Labute approximate surface area is 341 Å². The quantitative estimate of drug-likeness (QED) is 0.0216. The zero-order valence-corrected chi connectivity index (χ0v) is 38.1. The summed E-state index contributed by atoms with van der Waals surface area (Å²) < 4.78 is 35.1. The molecule has 0 aliphatic carbocycles. The van der Waals surface area contributed by atoms with Crippen molar-refractivity contribution in [3.63, 3.8) is 0 Å². The van der Waals surface area contributed by atoms with Gasteiger partial charge in [-0.1, -0.05) is 187 Å². The third-order valence-corrected chi connectivity index (χ3v) is 11.3. The van der Waals surface area contributed by atoms with Crippen molar-refractivity contribution in [3.8, 4) is 0 Å². The average molecular weight is 803 g/mol. The van der Waals surface area contributed by atoms with Crippen molar-refractivity contribution >= 4 is 13.8 Å². The number of hydrogen-bond donors (Lipinski definition) is 1. The Morgan fingerprint density at radius 1 is 0.545 bits per heavy atom. The van der Waals surface area contributed by atoms with Crippen molar-refractivity contribution in [2.45, 2.75) is 225 Å². The van der Waals surface area contributed by atoms with E-state index in [0.717, 1.165) is 38.5 Å². The molecule has 0 heterocycles. The van der Waals surface area contributed by atoms with E-state index in [9.17, 15) is 14.3 Å². The molecule has 1 unspecified atom stereocenters. The van der Waals surface area contributed by atoms with E-state index in [1.807, 2.05) is 21.1 Å². The van der Waals surface area contributed by atoms with Gasteiger partial charge in [0, 0.05) is 13.0 Å². The highest BCUT2D eigenvalue weighted by Gasteiger charge is 2.26. The van der Waals surface area contributed by atoms with Crippen LogP contribution in [0.1, 0.15) is 219 Å². The number of carbonyl (C=O) groups is 1. The molecule has 0 saturated carbocycles. The standard InChI is InChI=1S/C46H92NO7P/c1-6-8-10-12-14-16-18-20-22-23-24-26-28-30-32-34-36-38-41-51-43-45(44-53-55(49,50)52-42-40-47(3,4)5)54-46(48)39-37-35-33-31-29-27-25-21-19-17-15-13-11-9-7-2/h21,25,45H,6-20,22-24,26-44H2,1-5H3/p+1/b25-21-/t45-/m1/s1. The van der Waals surface area contributed by atoms with E-state index < -0.39 is 13.9 Å². The fourth-order valence-corrected chi connectivity index (χ4v) is 7.41. The Hall–Kier alpha value is -0.760. The van der Waals surface area contributed by atoms with Gasteiger partial charge in [0.05, 0.1) is 34.4 Å². The summed E-state index contributed by atoms with van der Waals surface area (Å²) >= 11 is 0. The van der Waals surface area contributed by atoms with E-state index in [2.05, 4.69) is 26.0 Å². The first kappa shape index (κ1) is 54.2. The van der Waals surface area contributed by atoms with Gasteiger partial charge in [-0.05, 0) is 38.5 Å². The van der Waals surface area contributed by atoms with Gasteiger partial charge >= 0.3 is 13.8 Å². The van der Waals surface area contributed by atoms with Gasteiger partial charge in [-0.25, -0.2) is 4.57 Å². The van der Waals surface area contributed by atoms with Crippen LogP contribution < -0.4 is 0 Å². The van der Waals surface area contributed by atoms with Crippen LogP contribution in [-0.2, 0) is 27.9 Å². The van der Waals surface area contributed by atoms with E-state index in [-0.39, 0.29) is 25.8 Å². The third-order valence-electron chi connectivity index (χ3n) is 10.3. The van der Waals surface area contributed by atoms with Crippen LogP contribution in [0.25, 0.3) is 0 Å². The number of rotatable bonds is 44. The molecule has 55 heavy (non-hydrogen) atoms. The molecule has 0 aliphatic rings. The van der Waals surface area contributed by atoms with Gasteiger partial charge in [0.1, 0.15) is 19.3 Å². The third kappa shape index (κ3) is 44.2. The number of allylic oxidation sites excluding steroid dienone is 2. The van der Waals surface area contributed by atoms with Gasteiger partial charge < -0.3 is 18.9 Å². The van der Waals surface area contributed by atoms with Crippen molar-refractivity contribution in [2.75, 3.05) is 54.1 Å². The molecular formula is C46H93NO7P+. The first-order valence-electron chi connectivity index (χ1n) is 23.4. The lowest BCUT2D eigenvalue weighted by atomic mass is 10.0. The summed E-state index contributed by atoms with van der Waals surface area (Å²) in [6.45, 7) is 5.65. The molecule has 1 N–H and O–H groups in total. The minimum absolute atomic E-state index is 0.0903. The predicted octanol–water partition coefficient (Wildman–Crippen LogP) is 13.8. The number of esters is 1. The second kappa shape index (κ2) is 40.0. The van der Waals surface area contributed by atoms with Crippen molar-refractivity contribution in [3.05, 3.63) is 12.2 Å². The summed E-state index contributed by atoms with van der Waals surface area (Å²) in [5.74, 6) is -0.318. The largest absolute Gasteiger partial charge is 0.472 e. The second-order valence-corrected chi connectivity index (χ2v) is 18.6. The van der Waals surface area contributed by atoms with Crippen molar-refractivity contribution in [2.24, 2.45) is 0 Å². The number of nitrogens with zero attached hydrogens (tertiary/aromatic N) is 1. The Morgan fingerprint density at radius 3 is 1.38 bits per heavy atom. The molecule has 0 amide bonds. The number of carbonyl (C=O) groups excluding carboxylic acids is 1. The van der Waals surface area contributed by atoms with Crippen LogP contribution in [0.2, 0.25) is 0 Å². The Kier molecular flexibility index (Phi) is 39.5. The molecule has 0 aliphatic heterocycles. The Bertz CT molecular complexity index is 894. The molecule has 0 aromatic heterocycles. The number of likely N-dealkylation sites (N-methyl/N-ethyl adjacent to an activating group) is 1. The molecule has 0 aromatic rings. The molecule has 0 rings (SSSR count). The predicted molar refractivity (Wildman–Crippen MR) is 234 cm³/mol. The first-order chi connectivity index (χ1) is 26.6. The highest BCUT2D eigenvalue weighted by Crippen LogP contribution is 2.43. The number of ether oxygens (including phenoxy) is 2. The molecule has 0 radical (unpaired) electrons. The lowest BCUT2D eigenvalue weighted by Gasteiger charge is -2.24. The second-order valence-electron chi connectivity index (χ2n) is 17.1. The van der Waals surface area contributed by atoms with Crippen molar-refractivity contribution in [1.82, 2.24) is 0 Å². The zero-order chi connectivity index (χ0) is 40.6. The maximum Gasteiger partial charge on any atom is 0.472 e. The van der Waals surface area contributed by atoms with Gasteiger partial charge in [0.2, 0.25) is 0 Å². The van der Waals surface area contributed by atoms with Crippen LogP contribution in [0.5, 0.6) is 0 Å². The van der Waals surface area contributed by atoms with Gasteiger partial charge in [-0.3, -0.25) is 13.8 Å². The fourth-order valence-electron chi connectivity index (χ4n) is 6.67. The summed E-state index contributed by atoms with van der Waals surface area (Å²) in [7, 11) is 1.67. The van der Waals surface area contributed by atoms with Crippen LogP contribution in [0.4, 0.5) is 0 Å². The first-order valence-corrected chi connectivity index (χ1v) is 24.9. The summed E-state index contributed by atoms with van der Waals surface area (Å²) in [5, 5.41) is 0. The lowest BCUT2D eigenvalue weighted by Crippen LogP contribution is -2.37. The van der Waals surface area contributed by atoms with Gasteiger partial charge in [0.15, 0.2) is 0 Å². The number of unbranched alkanes of at least 4 members (excludes halogenated alkanes) is 28. The molecule has 8 nitrogen and oxygen atoms in total.